The molecule has 0 fully saturated rings. The van der Waals surface area contributed by atoms with Crippen molar-refractivity contribution in [1.29, 1.82) is 0 Å². The van der Waals surface area contributed by atoms with Crippen LogP contribution in [0.25, 0.3) is 22.3 Å². The van der Waals surface area contributed by atoms with E-state index in [2.05, 4.69) is 0 Å². The molecule has 0 aromatic heterocycles. The molecule has 0 heterocycles. The molecule has 0 unspecified atom stereocenters. The quantitative estimate of drug-likeness (QED) is 0.328. The first-order valence-corrected chi connectivity index (χ1v) is 11.1. The molecule has 0 N–H and O–H groups in total. The Kier molecular flexibility index (Phi) is 5.84. The smallest absolute Gasteiger partial charge is 0.195 e. The highest BCUT2D eigenvalue weighted by molar-refractivity contribution is 6.59. The van der Waals surface area contributed by atoms with Gasteiger partial charge in [0.05, 0.1) is 14.2 Å². The normalized spacial score (nSPS) is 13.4. The summed E-state index contributed by atoms with van der Waals surface area (Å²) in [7, 11) is 3.30. The molecule has 0 saturated carbocycles. The molecule has 34 heavy (non-hydrogen) atoms. The van der Waals surface area contributed by atoms with Gasteiger partial charge in [0.1, 0.15) is 11.5 Å². The zero-order valence-electron chi connectivity index (χ0n) is 19.1. The maximum Gasteiger partial charge on any atom is 0.195 e. The third kappa shape index (κ3) is 3.82. The van der Waals surface area contributed by atoms with Crippen LogP contribution in [0.5, 0.6) is 11.5 Å². The van der Waals surface area contributed by atoms with Gasteiger partial charge in [0.2, 0.25) is 0 Å². The molecule has 0 atom stereocenters. The largest absolute Gasteiger partial charge is 0.497 e. The van der Waals surface area contributed by atoms with Crippen LogP contribution in [0.2, 0.25) is 0 Å². The summed E-state index contributed by atoms with van der Waals surface area (Å²) < 4.78 is 10.8. The number of benzene rings is 4. The molecule has 5 rings (SSSR count). The Morgan fingerprint density at radius 1 is 0.412 bits per heavy atom. The predicted molar refractivity (Wildman–Crippen MR) is 138 cm³/mol. The summed E-state index contributed by atoms with van der Waals surface area (Å²) in [4.78, 5) is 14.2. The molecule has 0 aliphatic heterocycles. The van der Waals surface area contributed by atoms with Gasteiger partial charge in [-0.05, 0) is 46.5 Å². The van der Waals surface area contributed by atoms with Crippen molar-refractivity contribution in [2.45, 2.75) is 0 Å². The fourth-order valence-electron chi connectivity index (χ4n) is 4.46. The molecule has 1 aliphatic carbocycles. The Labute approximate surface area is 199 Å². The minimum absolute atomic E-state index is 0.0223. The number of allylic oxidation sites excluding steroid dienone is 4. The summed E-state index contributed by atoms with van der Waals surface area (Å²) in [5.41, 5.74) is 6.97. The van der Waals surface area contributed by atoms with E-state index in [1.165, 1.54) is 0 Å². The molecular weight excluding hydrogens is 420 g/mol. The van der Waals surface area contributed by atoms with Gasteiger partial charge in [0.25, 0.3) is 0 Å². The molecule has 0 bridgehead atoms. The van der Waals surface area contributed by atoms with Crippen LogP contribution < -0.4 is 9.47 Å². The van der Waals surface area contributed by atoms with Gasteiger partial charge in [-0.3, -0.25) is 4.79 Å². The fourth-order valence-corrected chi connectivity index (χ4v) is 4.46. The number of ketones is 1. The Morgan fingerprint density at radius 3 is 1.06 bits per heavy atom. The molecule has 166 valence electrons. The highest BCUT2D eigenvalue weighted by Crippen LogP contribution is 2.49. The van der Waals surface area contributed by atoms with Crippen LogP contribution in [0.4, 0.5) is 0 Å². The molecule has 0 radical (unpaired) electrons. The van der Waals surface area contributed by atoms with E-state index in [9.17, 15) is 4.79 Å². The average molecular weight is 445 g/mol. The lowest BCUT2D eigenvalue weighted by atomic mass is 9.89. The van der Waals surface area contributed by atoms with Gasteiger partial charge in [0, 0.05) is 22.3 Å². The number of hydrogen-bond donors (Lipinski definition) is 0. The Hall–Kier alpha value is -4.37. The zero-order valence-corrected chi connectivity index (χ0v) is 19.1. The number of hydrogen-bond acceptors (Lipinski definition) is 3. The van der Waals surface area contributed by atoms with Gasteiger partial charge in [-0.1, -0.05) is 84.9 Å². The van der Waals surface area contributed by atoms with Crippen molar-refractivity contribution < 1.29 is 14.3 Å². The van der Waals surface area contributed by atoms with E-state index in [0.29, 0.717) is 11.1 Å². The number of ether oxygens (including phenoxy) is 2. The van der Waals surface area contributed by atoms with Crippen LogP contribution in [0.1, 0.15) is 22.3 Å². The zero-order chi connectivity index (χ0) is 23.5. The molecule has 3 nitrogen and oxygen atoms in total. The van der Waals surface area contributed by atoms with Gasteiger partial charge < -0.3 is 9.47 Å². The first-order chi connectivity index (χ1) is 16.7. The van der Waals surface area contributed by atoms with Crippen LogP contribution >= 0.6 is 0 Å². The van der Waals surface area contributed by atoms with Crippen molar-refractivity contribution in [3.8, 4) is 11.5 Å². The van der Waals surface area contributed by atoms with Gasteiger partial charge in [-0.15, -0.1) is 0 Å². The molecule has 0 saturated heterocycles. The highest BCUT2D eigenvalue weighted by Gasteiger charge is 2.35. The first-order valence-electron chi connectivity index (χ1n) is 11.1. The second kappa shape index (κ2) is 9.24. The molecule has 4 aromatic carbocycles. The van der Waals surface area contributed by atoms with E-state index in [-0.39, 0.29) is 5.78 Å². The standard InChI is InChI=1S/C31H24O3/c1-33-25-17-13-23(14-18-25)27-28(24-15-19-26(34-2)20-16-24)30(22-11-7-4-8-12-22)31(32)29(27)21-9-5-3-6-10-21/h3-20H,1-2H3. The highest BCUT2D eigenvalue weighted by atomic mass is 16.5. The van der Waals surface area contributed by atoms with E-state index in [1.54, 1.807) is 14.2 Å². The van der Waals surface area contributed by atoms with E-state index in [4.69, 9.17) is 9.47 Å². The Morgan fingerprint density at radius 2 is 0.735 bits per heavy atom. The number of rotatable bonds is 6. The lowest BCUT2D eigenvalue weighted by Gasteiger charge is -2.14. The van der Waals surface area contributed by atoms with Crippen molar-refractivity contribution in [3.63, 3.8) is 0 Å². The third-order valence-electron chi connectivity index (χ3n) is 6.09. The maximum atomic E-state index is 14.2. The predicted octanol–water partition coefficient (Wildman–Crippen LogP) is 6.81. The van der Waals surface area contributed by atoms with Gasteiger partial charge in [0.15, 0.2) is 5.78 Å². The lowest BCUT2D eigenvalue weighted by Crippen LogP contribution is -2.01. The summed E-state index contributed by atoms with van der Waals surface area (Å²) in [5.74, 6) is 1.57. The van der Waals surface area contributed by atoms with Crippen molar-refractivity contribution in [2.75, 3.05) is 14.2 Å². The molecule has 3 heteroatoms. The molecular formula is C31H24O3. The van der Waals surface area contributed by atoms with Gasteiger partial charge in [-0.2, -0.15) is 0 Å². The Balaban J connectivity index is 1.83. The Bertz CT molecular complexity index is 1270. The van der Waals surface area contributed by atoms with Crippen molar-refractivity contribution in [3.05, 3.63) is 131 Å². The van der Waals surface area contributed by atoms with Crippen molar-refractivity contribution >= 4 is 28.1 Å². The molecule has 4 aromatic rings. The third-order valence-corrected chi connectivity index (χ3v) is 6.09. The van der Waals surface area contributed by atoms with Gasteiger partial charge in [-0.25, -0.2) is 0 Å². The number of carbonyl (C=O) groups is 1. The number of Topliss-reactive ketones (excluding diaryl/α,β-unsaturated/α-hetero) is 1. The van der Waals surface area contributed by atoms with Crippen LogP contribution in [-0.2, 0) is 4.79 Å². The van der Waals surface area contributed by atoms with Crippen LogP contribution in [0.3, 0.4) is 0 Å². The fraction of sp³-hybridized carbons (Fsp3) is 0.0645. The van der Waals surface area contributed by atoms with E-state index < -0.39 is 0 Å². The molecule has 0 spiro atoms. The van der Waals surface area contributed by atoms with E-state index in [0.717, 1.165) is 44.9 Å². The summed E-state index contributed by atoms with van der Waals surface area (Å²) in [6, 6.07) is 35.6. The SMILES string of the molecule is COc1ccc(C2=C(c3ccccc3)C(=O)C(c3ccccc3)=C2c2ccc(OC)cc2)cc1. The van der Waals surface area contributed by atoms with Crippen LogP contribution in [-0.4, -0.2) is 20.0 Å². The summed E-state index contributed by atoms with van der Waals surface area (Å²) >= 11 is 0. The van der Waals surface area contributed by atoms with E-state index >= 15 is 0 Å². The minimum Gasteiger partial charge on any atom is -0.497 e. The number of carbonyl (C=O) groups excluding carboxylic acids is 1. The van der Waals surface area contributed by atoms with Crippen LogP contribution in [0.15, 0.2) is 109 Å². The summed E-state index contributed by atoms with van der Waals surface area (Å²) in [6.07, 6.45) is 0. The van der Waals surface area contributed by atoms with Crippen molar-refractivity contribution in [2.24, 2.45) is 0 Å². The summed E-state index contributed by atoms with van der Waals surface area (Å²) in [5, 5.41) is 0. The van der Waals surface area contributed by atoms with E-state index in [1.807, 2.05) is 109 Å². The second-order valence-electron chi connectivity index (χ2n) is 8.02. The average Bonchev–Trinajstić information content (AvgIpc) is 3.22. The van der Waals surface area contributed by atoms with Gasteiger partial charge >= 0.3 is 0 Å². The topological polar surface area (TPSA) is 35.5 Å². The minimum atomic E-state index is 0.0223. The maximum absolute atomic E-state index is 14.2. The summed E-state index contributed by atoms with van der Waals surface area (Å²) in [6.45, 7) is 0. The molecule has 1 aliphatic rings. The van der Waals surface area contributed by atoms with Crippen LogP contribution in [0, 0.1) is 0 Å². The first kappa shape index (κ1) is 21.5. The number of methoxy groups -OCH3 is 2. The second-order valence-corrected chi connectivity index (χ2v) is 8.02. The molecule has 0 amide bonds. The van der Waals surface area contributed by atoms with Crippen molar-refractivity contribution in [1.82, 2.24) is 0 Å². The monoisotopic (exact) mass is 444 g/mol. The lowest BCUT2D eigenvalue weighted by molar-refractivity contribution is -0.108.